The van der Waals surface area contributed by atoms with Crippen LogP contribution >= 0.6 is 0 Å². The van der Waals surface area contributed by atoms with E-state index in [9.17, 15) is 0 Å². The van der Waals surface area contributed by atoms with Gasteiger partial charge in [0.05, 0.1) is 0 Å². The van der Waals surface area contributed by atoms with E-state index < -0.39 is 0 Å². The van der Waals surface area contributed by atoms with Gasteiger partial charge in [-0.25, -0.2) is 0 Å². The fourth-order valence-electron chi connectivity index (χ4n) is 2.96. The second kappa shape index (κ2) is 6.61. The highest BCUT2D eigenvalue weighted by molar-refractivity contribution is 4.78. The average molecular weight is 224 g/mol. The molecule has 0 aromatic heterocycles. The van der Waals surface area contributed by atoms with E-state index in [0.717, 1.165) is 12.0 Å². The maximum absolute atomic E-state index is 3.65. The lowest BCUT2D eigenvalue weighted by atomic mass is 9.89. The van der Waals surface area contributed by atoms with Crippen LogP contribution in [-0.2, 0) is 0 Å². The van der Waals surface area contributed by atoms with Crippen LogP contribution in [0.15, 0.2) is 0 Å². The molecule has 94 valence electrons. The molecule has 0 saturated heterocycles. The van der Waals surface area contributed by atoms with Crippen molar-refractivity contribution in [3.05, 3.63) is 0 Å². The Bertz CT molecular complexity index is 179. The number of hydrogen-bond acceptors (Lipinski definition) is 2. The smallest absolute Gasteiger partial charge is 0.0107 e. The molecule has 2 aliphatic carbocycles. The van der Waals surface area contributed by atoms with Gasteiger partial charge in [0.2, 0.25) is 0 Å². The van der Waals surface area contributed by atoms with E-state index in [1.807, 2.05) is 0 Å². The molecule has 0 bridgehead atoms. The van der Waals surface area contributed by atoms with Gasteiger partial charge in [-0.1, -0.05) is 25.7 Å². The molecule has 0 aliphatic heterocycles. The van der Waals surface area contributed by atoms with Gasteiger partial charge in [-0.2, -0.15) is 0 Å². The van der Waals surface area contributed by atoms with Crippen molar-refractivity contribution in [3.8, 4) is 0 Å². The molecule has 2 fully saturated rings. The summed E-state index contributed by atoms with van der Waals surface area (Å²) in [7, 11) is 2.28. The Kier molecular flexibility index (Phi) is 5.11. The first kappa shape index (κ1) is 12.4. The van der Waals surface area contributed by atoms with Crippen molar-refractivity contribution in [2.45, 2.75) is 57.4 Å². The minimum atomic E-state index is 0.900. The first-order chi connectivity index (χ1) is 7.86. The quantitative estimate of drug-likeness (QED) is 0.698. The summed E-state index contributed by atoms with van der Waals surface area (Å²) >= 11 is 0. The molecule has 16 heavy (non-hydrogen) atoms. The van der Waals surface area contributed by atoms with Crippen LogP contribution in [0.1, 0.15) is 51.4 Å². The third-order valence-electron chi connectivity index (χ3n) is 4.50. The summed E-state index contributed by atoms with van der Waals surface area (Å²) in [4.78, 5) is 2.54. The molecule has 1 N–H and O–H groups in total. The zero-order chi connectivity index (χ0) is 11.2. The highest BCUT2D eigenvalue weighted by atomic mass is 15.1. The van der Waals surface area contributed by atoms with Crippen molar-refractivity contribution < 1.29 is 0 Å². The van der Waals surface area contributed by atoms with E-state index in [-0.39, 0.29) is 0 Å². The molecule has 0 radical (unpaired) electrons. The molecule has 2 aliphatic rings. The lowest BCUT2D eigenvalue weighted by Crippen LogP contribution is -2.41. The van der Waals surface area contributed by atoms with E-state index in [4.69, 9.17) is 0 Å². The third kappa shape index (κ3) is 3.74. The summed E-state index contributed by atoms with van der Waals surface area (Å²) in [6.07, 6.45) is 11.6. The molecule has 0 unspecified atom stereocenters. The van der Waals surface area contributed by atoms with Crippen LogP contribution in [0.5, 0.6) is 0 Å². The van der Waals surface area contributed by atoms with Crippen LogP contribution in [0.25, 0.3) is 0 Å². The lowest BCUT2D eigenvalue weighted by molar-refractivity contribution is 0.159. The van der Waals surface area contributed by atoms with Gasteiger partial charge >= 0.3 is 0 Å². The number of nitrogens with one attached hydrogen (secondary N) is 1. The standard InChI is InChI=1S/C14H28N2/c1-16(14-8-5-9-14)11-10-15-12-13-6-3-2-4-7-13/h13-15H,2-12H2,1H3. The Labute approximate surface area is 101 Å². The monoisotopic (exact) mass is 224 g/mol. The molecule has 2 rings (SSSR count). The highest BCUT2D eigenvalue weighted by Gasteiger charge is 2.21. The van der Waals surface area contributed by atoms with Gasteiger partial charge in [-0.15, -0.1) is 0 Å². The summed E-state index contributed by atoms with van der Waals surface area (Å²) in [6.45, 7) is 3.68. The number of hydrogen-bond donors (Lipinski definition) is 1. The van der Waals surface area contributed by atoms with Crippen LogP contribution in [0.3, 0.4) is 0 Å². The van der Waals surface area contributed by atoms with E-state index >= 15 is 0 Å². The molecule has 0 atom stereocenters. The highest BCUT2D eigenvalue weighted by Crippen LogP contribution is 2.23. The maximum Gasteiger partial charge on any atom is 0.0107 e. The molecule has 0 amide bonds. The summed E-state index contributed by atoms with van der Waals surface area (Å²) in [6, 6.07) is 0.900. The van der Waals surface area contributed by atoms with Gasteiger partial charge in [-0.3, -0.25) is 0 Å². The largest absolute Gasteiger partial charge is 0.315 e. The topological polar surface area (TPSA) is 15.3 Å². The zero-order valence-electron chi connectivity index (χ0n) is 10.9. The van der Waals surface area contributed by atoms with Crippen LogP contribution in [0, 0.1) is 5.92 Å². The fourth-order valence-corrected chi connectivity index (χ4v) is 2.96. The number of nitrogens with zero attached hydrogens (tertiary/aromatic N) is 1. The third-order valence-corrected chi connectivity index (χ3v) is 4.50. The van der Waals surface area contributed by atoms with Gasteiger partial charge in [0.25, 0.3) is 0 Å². The van der Waals surface area contributed by atoms with Crippen molar-refractivity contribution in [2.24, 2.45) is 5.92 Å². The predicted molar refractivity (Wildman–Crippen MR) is 69.7 cm³/mol. The van der Waals surface area contributed by atoms with Crippen LogP contribution in [0.2, 0.25) is 0 Å². The summed E-state index contributed by atoms with van der Waals surface area (Å²) in [5.41, 5.74) is 0. The number of likely N-dealkylation sites (N-methyl/N-ethyl adjacent to an activating group) is 1. The first-order valence-electron chi connectivity index (χ1n) is 7.27. The molecule has 2 heteroatoms. The summed E-state index contributed by atoms with van der Waals surface area (Å²) in [5, 5.41) is 3.65. The summed E-state index contributed by atoms with van der Waals surface area (Å²) < 4.78 is 0. The number of rotatable bonds is 6. The molecule has 0 spiro atoms. The molecule has 2 saturated carbocycles. The maximum atomic E-state index is 3.65. The van der Waals surface area contributed by atoms with Gasteiger partial charge in [0.15, 0.2) is 0 Å². The second-order valence-corrected chi connectivity index (χ2v) is 5.77. The second-order valence-electron chi connectivity index (χ2n) is 5.77. The molecule has 0 heterocycles. The van der Waals surface area contributed by atoms with Gasteiger partial charge in [0.1, 0.15) is 0 Å². The minimum absolute atomic E-state index is 0.900. The Morgan fingerprint density at radius 2 is 1.75 bits per heavy atom. The van der Waals surface area contributed by atoms with Crippen molar-refractivity contribution in [3.63, 3.8) is 0 Å². The zero-order valence-corrected chi connectivity index (χ0v) is 10.9. The fraction of sp³-hybridized carbons (Fsp3) is 1.00. The van der Waals surface area contributed by atoms with Crippen molar-refractivity contribution in [2.75, 3.05) is 26.7 Å². The molecule has 0 aromatic carbocycles. The van der Waals surface area contributed by atoms with Gasteiger partial charge in [-0.05, 0) is 45.2 Å². The van der Waals surface area contributed by atoms with E-state index in [1.54, 1.807) is 0 Å². The average Bonchev–Trinajstić information content (AvgIpc) is 2.23. The summed E-state index contributed by atoms with van der Waals surface area (Å²) in [5.74, 6) is 0.975. The van der Waals surface area contributed by atoms with Crippen LogP contribution in [0.4, 0.5) is 0 Å². The molecular weight excluding hydrogens is 196 g/mol. The van der Waals surface area contributed by atoms with Crippen molar-refractivity contribution in [1.82, 2.24) is 10.2 Å². The Balaban J connectivity index is 1.47. The Hall–Kier alpha value is -0.0800. The van der Waals surface area contributed by atoms with E-state index in [2.05, 4.69) is 17.3 Å². The first-order valence-corrected chi connectivity index (χ1v) is 7.27. The van der Waals surface area contributed by atoms with E-state index in [1.165, 1.54) is 71.0 Å². The minimum Gasteiger partial charge on any atom is -0.315 e. The van der Waals surface area contributed by atoms with Crippen LogP contribution in [-0.4, -0.2) is 37.6 Å². The molecule has 2 nitrogen and oxygen atoms in total. The molecule has 0 aromatic rings. The Morgan fingerprint density at radius 3 is 2.38 bits per heavy atom. The Morgan fingerprint density at radius 1 is 1.00 bits per heavy atom. The van der Waals surface area contributed by atoms with Gasteiger partial charge in [0, 0.05) is 19.1 Å². The molecular formula is C14H28N2. The van der Waals surface area contributed by atoms with Crippen LogP contribution < -0.4 is 5.32 Å². The predicted octanol–water partition coefficient (Wildman–Crippen LogP) is 2.64. The van der Waals surface area contributed by atoms with Crippen molar-refractivity contribution >= 4 is 0 Å². The van der Waals surface area contributed by atoms with E-state index in [0.29, 0.717) is 0 Å². The SMILES string of the molecule is CN(CCNCC1CCCCC1)C1CCC1. The van der Waals surface area contributed by atoms with Gasteiger partial charge < -0.3 is 10.2 Å². The normalized spacial score (nSPS) is 23.6. The lowest BCUT2D eigenvalue weighted by Gasteiger charge is -2.34. The van der Waals surface area contributed by atoms with Crippen molar-refractivity contribution in [1.29, 1.82) is 0 Å².